The summed E-state index contributed by atoms with van der Waals surface area (Å²) in [6.07, 6.45) is 6.92. The number of hydrogen-bond donors (Lipinski definition) is 3. The molecular formula is C15H24FN3OS. The molecule has 0 bridgehead atoms. The molecule has 0 atom stereocenters. The standard InChI is InChI=1S/C15H24FN3OS/c1-21-10-5-3-2-4-9-18-11-12-7-6-8-13(14(12)16)15(17)19-20/h6-8,18,20H,2-5,9-11H2,1H3,(H2,17,19). The first kappa shape index (κ1) is 17.8. The van der Waals surface area contributed by atoms with Crippen LogP contribution in [0.3, 0.4) is 0 Å². The van der Waals surface area contributed by atoms with Crippen LogP contribution in [0, 0.1) is 5.82 Å². The molecule has 0 unspecified atom stereocenters. The molecule has 0 saturated carbocycles. The highest BCUT2D eigenvalue weighted by molar-refractivity contribution is 7.98. The first-order valence-electron chi connectivity index (χ1n) is 7.15. The molecule has 0 radical (unpaired) electrons. The van der Waals surface area contributed by atoms with Crippen LogP contribution in [0.2, 0.25) is 0 Å². The monoisotopic (exact) mass is 313 g/mol. The van der Waals surface area contributed by atoms with Gasteiger partial charge < -0.3 is 16.3 Å². The van der Waals surface area contributed by atoms with E-state index in [-0.39, 0.29) is 11.4 Å². The fraction of sp³-hybridized carbons (Fsp3) is 0.533. The molecule has 118 valence electrons. The van der Waals surface area contributed by atoms with E-state index >= 15 is 0 Å². The van der Waals surface area contributed by atoms with Gasteiger partial charge in [-0.15, -0.1) is 0 Å². The number of benzene rings is 1. The predicted molar refractivity (Wildman–Crippen MR) is 87.5 cm³/mol. The van der Waals surface area contributed by atoms with Crippen LogP contribution in [0.25, 0.3) is 0 Å². The Hall–Kier alpha value is -1.27. The Morgan fingerprint density at radius 1 is 1.33 bits per heavy atom. The van der Waals surface area contributed by atoms with Gasteiger partial charge in [-0.3, -0.25) is 0 Å². The quantitative estimate of drug-likeness (QED) is 0.204. The number of amidine groups is 1. The van der Waals surface area contributed by atoms with E-state index in [9.17, 15) is 4.39 Å². The second-order valence-corrected chi connectivity index (χ2v) is 5.83. The van der Waals surface area contributed by atoms with Gasteiger partial charge >= 0.3 is 0 Å². The minimum atomic E-state index is -0.430. The summed E-state index contributed by atoms with van der Waals surface area (Å²) in [4.78, 5) is 0. The summed E-state index contributed by atoms with van der Waals surface area (Å²) in [6.45, 7) is 1.32. The summed E-state index contributed by atoms with van der Waals surface area (Å²) < 4.78 is 14.1. The van der Waals surface area contributed by atoms with Crippen molar-refractivity contribution in [3.05, 3.63) is 35.1 Å². The highest BCUT2D eigenvalue weighted by atomic mass is 32.2. The van der Waals surface area contributed by atoms with Crippen molar-refractivity contribution in [2.24, 2.45) is 10.9 Å². The normalized spacial score (nSPS) is 11.8. The highest BCUT2D eigenvalue weighted by Gasteiger charge is 2.10. The lowest BCUT2D eigenvalue weighted by Crippen LogP contribution is -2.19. The summed E-state index contributed by atoms with van der Waals surface area (Å²) in [5, 5.41) is 14.7. The number of nitrogens with two attached hydrogens (primary N) is 1. The van der Waals surface area contributed by atoms with Crippen molar-refractivity contribution in [1.82, 2.24) is 5.32 Å². The number of hydrogen-bond acceptors (Lipinski definition) is 4. The van der Waals surface area contributed by atoms with Gasteiger partial charge in [0.2, 0.25) is 0 Å². The molecule has 4 nitrogen and oxygen atoms in total. The SMILES string of the molecule is CSCCCCCCNCc1cccc(/C(N)=N/O)c1F. The molecule has 1 aromatic carbocycles. The number of rotatable bonds is 10. The van der Waals surface area contributed by atoms with Crippen LogP contribution < -0.4 is 11.1 Å². The molecule has 21 heavy (non-hydrogen) atoms. The zero-order chi connectivity index (χ0) is 15.5. The van der Waals surface area contributed by atoms with Gasteiger partial charge in [0.05, 0.1) is 5.56 Å². The third-order valence-corrected chi connectivity index (χ3v) is 3.93. The molecule has 0 fully saturated rings. The number of thioether (sulfide) groups is 1. The molecule has 0 heterocycles. The smallest absolute Gasteiger partial charge is 0.173 e. The van der Waals surface area contributed by atoms with E-state index in [1.807, 2.05) is 11.8 Å². The largest absolute Gasteiger partial charge is 0.409 e. The van der Waals surface area contributed by atoms with Crippen LogP contribution in [-0.2, 0) is 6.54 Å². The van der Waals surface area contributed by atoms with E-state index in [0.29, 0.717) is 12.1 Å². The molecule has 0 saturated heterocycles. The average Bonchev–Trinajstić information content (AvgIpc) is 2.50. The molecule has 0 amide bonds. The van der Waals surface area contributed by atoms with E-state index in [1.165, 1.54) is 31.1 Å². The molecule has 1 aromatic rings. The van der Waals surface area contributed by atoms with E-state index in [1.54, 1.807) is 12.1 Å². The van der Waals surface area contributed by atoms with E-state index in [2.05, 4.69) is 16.7 Å². The first-order chi connectivity index (χ1) is 10.2. The molecule has 0 aliphatic rings. The minimum Gasteiger partial charge on any atom is -0.409 e. The maximum atomic E-state index is 14.1. The lowest BCUT2D eigenvalue weighted by molar-refractivity contribution is 0.318. The fourth-order valence-electron chi connectivity index (χ4n) is 2.04. The van der Waals surface area contributed by atoms with Gasteiger partial charge in [0.25, 0.3) is 0 Å². The van der Waals surface area contributed by atoms with Gasteiger partial charge in [-0.05, 0) is 37.5 Å². The Labute approximate surface area is 130 Å². The van der Waals surface area contributed by atoms with E-state index in [4.69, 9.17) is 10.9 Å². The third kappa shape index (κ3) is 6.35. The van der Waals surface area contributed by atoms with Gasteiger partial charge in [-0.1, -0.05) is 30.1 Å². The van der Waals surface area contributed by atoms with Crippen molar-refractivity contribution in [3.8, 4) is 0 Å². The Morgan fingerprint density at radius 3 is 2.81 bits per heavy atom. The Balaban J connectivity index is 2.33. The van der Waals surface area contributed by atoms with Gasteiger partial charge in [-0.2, -0.15) is 11.8 Å². The maximum absolute atomic E-state index is 14.1. The first-order valence-corrected chi connectivity index (χ1v) is 8.55. The topological polar surface area (TPSA) is 70.6 Å². The van der Waals surface area contributed by atoms with Crippen molar-refractivity contribution < 1.29 is 9.60 Å². The molecule has 0 aliphatic carbocycles. The van der Waals surface area contributed by atoms with Crippen molar-refractivity contribution >= 4 is 17.6 Å². The zero-order valence-corrected chi connectivity index (χ0v) is 13.3. The summed E-state index contributed by atoms with van der Waals surface area (Å²) in [6, 6.07) is 4.91. The second-order valence-electron chi connectivity index (χ2n) is 4.85. The van der Waals surface area contributed by atoms with Gasteiger partial charge in [-0.25, -0.2) is 4.39 Å². The molecule has 6 heteroatoms. The Bertz CT molecular complexity index is 455. The summed E-state index contributed by atoms with van der Waals surface area (Å²) >= 11 is 1.88. The summed E-state index contributed by atoms with van der Waals surface area (Å²) in [5.41, 5.74) is 6.10. The molecular weight excluding hydrogens is 289 g/mol. The van der Waals surface area contributed by atoms with Crippen LogP contribution in [0.15, 0.2) is 23.4 Å². The number of halogens is 1. The van der Waals surface area contributed by atoms with Crippen LogP contribution in [-0.4, -0.2) is 29.6 Å². The lowest BCUT2D eigenvalue weighted by atomic mass is 10.1. The molecule has 1 rings (SSSR count). The van der Waals surface area contributed by atoms with Crippen LogP contribution in [0.4, 0.5) is 4.39 Å². The summed E-state index contributed by atoms with van der Waals surface area (Å²) in [5.74, 6) is 0.586. The molecule has 0 spiro atoms. The number of oxime groups is 1. The Morgan fingerprint density at radius 2 is 2.10 bits per heavy atom. The van der Waals surface area contributed by atoms with Crippen molar-refractivity contribution in [3.63, 3.8) is 0 Å². The predicted octanol–water partition coefficient (Wildman–Crippen LogP) is 2.93. The fourth-order valence-corrected chi connectivity index (χ4v) is 2.53. The second kappa shape index (κ2) is 10.5. The highest BCUT2D eigenvalue weighted by Crippen LogP contribution is 2.13. The minimum absolute atomic E-state index is 0.133. The molecule has 4 N–H and O–H groups in total. The molecule has 0 aliphatic heterocycles. The third-order valence-electron chi connectivity index (χ3n) is 3.23. The zero-order valence-electron chi connectivity index (χ0n) is 12.4. The summed E-state index contributed by atoms with van der Waals surface area (Å²) in [7, 11) is 0. The van der Waals surface area contributed by atoms with Crippen LogP contribution >= 0.6 is 11.8 Å². The van der Waals surface area contributed by atoms with Crippen molar-refractivity contribution in [2.75, 3.05) is 18.6 Å². The van der Waals surface area contributed by atoms with E-state index in [0.717, 1.165) is 13.0 Å². The van der Waals surface area contributed by atoms with E-state index < -0.39 is 5.82 Å². The van der Waals surface area contributed by atoms with Gasteiger partial charge in [0.1, 0.15) is 5.82 Å². The van der Waals surface area contributed by atoms with Crippen LogP contribution in [0.1, 0.15) is 36.8 Å². The van der Waals surface area contributed by atoms with Crippen molar-refractivity contribution in [2.45, 2.75) is 32.2 Å². The lowest BCUT2D eigenvalue weighted by Gasteiger charge is -2.09. The number of nitrogens with zero attached hydrogens (tertiary/aromatic N) is 1. The van der Waals surface area contributed by atoms with Gasteiger partial charge in [0, 0.05) is 12.1 Å². The average molecular weight is 313 g/mol. The Kier molecular flexibility index (Phi) is 8.85. The van der Waals surface area contributed by atoms with Crippen molar-refractivity contribution in [1.29, 1.82) is 0 Å². The van der Waals surface area contributed by atoms with Crippen LogP contribution in [0.5, 0.6) is 0 Å². The van der Waals surface area contributed by atoms with Gasteiger partial charge in [0.15, 0.2) is 5.84 Å². The number of unbranched alkanes of at least 4 members (excludes halogenated alkanes) is 3. The number of nitrogens with one attached hydrogen (secondary N) is 1. The molecule has 0 aromatic heterocycles. The maximum Gasteiger partial charge on any atom is 0.173 e.